The summed E-state index contributed by atoms with van der Waals surface area (Å²) in [6, 6.07) is 10.4. The van der Waals surface area contributed by atoms with Crippen molar-refractivity contribution in [1.29, 1.82) is 0 Å². The van der Waals surface area contributed by atoms with Gasteiger partial charge >= 0.3 is 5.97 Å². The van der Waals surface area contributed by atoms with Gasteiger partial charge in [-0.1, -0.05) is 24.3 Å². The van der Waals surface area contributed by atoms with Crippen molar-refractivity contribution >= 4 is 22.6 Å². The molecule has 3 rings (SSSR count). The number of aromatic hydroxyl groups is 1. The number of amides is 1. The molecular formula is C18H20N2O5. The van der Waals surface area contributed by atoms with Gasteiger partial charge in [0.15, 0.2) is 0 Å². The van der Waals surface area contributed by atoms with Gasteiger partial charge in [0.25, 0.3) is 5.91 Å². The highest BCUT2D eigenvalue weighted by Gasteiger charge is 2.16. The molecule has 2 N–H and O–H groups in total. The zero-order valence-electron chi connectivity index (χ0n) is 13.7. The highest BCUT2D eigenvalue weighted by atomic mass is 16.7. The van der Waals surface area contributed by atoms with Gasteiger partial charge in [-0.25, -0.2) is 4.79 Å². The lowest BCUT2D eigenvalue weighted by molar-refractivity contribution is -0.130. The predicted octanol–water partition coefficient (Wildman–Crippen LogP) is 1.46. The Labute approximate surface area is 145 Å². The number of morpholine rings is 1. The minimum atomic E-state index is -0.803. The van der Waals surface area contributed by atoms with Crippen molar-refractivity contribution in [2.45, 2.75) is 6.42 Å². The monoisotopic (exact) mass is 344 g/mol. The molecule has 1 saturated heterocycles. The molecule has 2 aromatic rings. The fourth-order valence-corrected chi connectivity index (χ4v) is 2.69. The fraction of sp³-hybridized carbons (Fsp3) is 0.333. The topological polar surface area (TPSA) is 88.1 Å². The molecule has 132 valence electrons. The molecule has 1 aliphatic heterocycles. The van der Waals surface area contributed by atoms with E-state index in [2.05, 4.69) is 10.4 Å². The smallest absolute Gasteiger partial charge is 0.366 e. The lowest BCUT2D eigenvalue weighted by Gasteiger charge is -2.26. The average molecular weight is 344 g/mol. The second-order valence-electron chi connectivity index (χ2n) is 5.84. The van der Waals surface area contributed by atoms with Crippen molar-refractivity contribution in [3.05, 3.63) is 42.0 Å². The number of ether oxygens (including phenoxy) is 1. The van der Waals surface area contributed by atoms with Crippen LogP contribution in [-0.4, -0.2) is 54.7 Å². The molecular weight excluding hydrogens is 324 g/mol. The van der Waals surface area contributed by atoms with E-state index in [0.29, 0.717) is 19.8 Å². The molecule has 7 heteroatoms. The molecule has 2 aromatic carbocycles. The largest absolute Gasteiger partial charge is 0.507 e. The Bertz CT molecular complexity index is 771. The summed E-state index contributed by atoms with van der Waals surface area (Å²) in [5, 5.41) is 11.6. The summed E-state index contributed by atoms with van der Waals surface area (Å²) in [6.07, 6.45) is 0.219. The number of phenols is 1. The minimum absolute atomic E-state index is 0.00665. The Morgan fingerprint density at radius 1 is 1.16 bits per heavy atom. The number of rotatable bonds is 4. The number of benzene rings is 2. The Morgan fingerprint density at radius 3 is 2.56 bits per heavy atom. The first-order valence-electron chi connectivity index (χ1n) is 8.15. The first kappa shape index (κ1) is 17.2. The molecule has 0 unspecified atom stereocenters. The molecule has 1 aliphatic rings. The van der Waals surface area contributed by atoms with E-state index in [0.717, 1.165) is 23.9 Å². The van der Waals surface area contributed by atoms with Crippen LogP contribution in [0.4, 0.5) is 0 Å². The molecule has 0 saturated carbocycles. The number of fused-ring (bicyclic) bond motifs is 1. The number of hydrogen-bond donors (Lipinski definition) is 2. The summed E-state index contributed by atoms with van der Waals surface area (Å²) in [7, 11) is 0. The Balaban J connectivity index is 1.53. The van der Waals surface area contributed by atoms with E-state index >= 15 is 0 Å². The van der Waals surface area contributed by atoms with Crippen LogP contribution in [0.15, 0.2) is 36.4 Å². The summed E-state index contributed by atoms with van der Waals surface area (Å²) in [5.74, 6) is -1.38. The summed E-state index contributed by atoms with van der Waals surface area (Å²) < 4.78 is 5.24. The standard InChI is InChI=1S/C18H20N2O5/c21-16-12-14-4-2-1-3-13(14)11-15(16)18(23)25-19-17(22)5-6-20-7-9-24-10-8-20/h1-4,11-12,21H,5-10H2,(H,19,22). The molecule has 0 aliphatic carbocycles. The van der Waals surface area contributed by atoms with Crippen LogP contribution in [0.25, 0.3) is 10.8 Å². The number of carbonyl (C=O) groups is 2. The molecule has 1 heterocycles. The van der Waals surface area contributed by atoms with Crippen LogP contribution in [-0.2, 0) is 14.4 Å². The Hall–Kier alpha value is -2.64. The molecule has 0 bridgehead atoms. The van der Waals surface area contributed by atoms with Gasteiger partial charge in [-0.15, -0.1) is 0 Å². The number of nitrogens with one attached hydrogen (secondary N) is 1. The maximum atomic E-state index is 12.1. The molecule has 0 atom stereocenters. The quantitative estimate of drug-likeness (QED) is 0.817. The SMILES string of the molecule is O=C(CCN1CCOCC1)NOC(=O)c1cc2ccccc2cc1O. The van der Waals surface area contributed by atoms with E-state index in [4.69, 9.17) is 9.57 Å². The highest BCUT2D eigenvalue weighted by Crippen LogP contribution is 2.25. The van der Waals surface area contributed by atoms with Crippen LogP contribution >= 0.6 is 0 Å². The van der Waals surface area contributed by atoms with E-state index in [9.17, 15) is 14.7 Å². The third kappa shape index (κ3) is 4.46. The van der Waals surface area contributed by atoms with Gasteiger partial charge in [-0.3, -0.25) is 9.69 Å². The van der Waals surface area contributed by atoms with E-state index in [1.54, 1.807) is 0 Å². The molecule has 1 amide bonds. The van der Waals surface area contributed by atoms with Gasteiger partial charge in [-0.05, 0) is 22.9 Å². The molecule has 1 fully saturated rings. The van der Waals surface area contributed by atoms with Crippen molar-refractivity contribution in [3.8, 4) is 5.75 Å². The first-order chi connectivity index (χ1) is 12.1. The minimum Gasteiger partial charge on any atom is -0.507 e. The van der Waals surface area contributed by atoms with Crippen LogP contribution in [0.1, 0.15) is 16.8 Å². The normalized spacial score (nSPS) is 15.0. The predicted molar refractivity (Wildman–Crippen MR) is 91.0 cm³/mol. The maximum absolute atomic E-state index is 12.1. The third-order valence-electron chi connectivity index (χ3n) is 4.10. The zero-order valence-corrected chi connectivity index (χ0v) is 13.7. The fourth-order valence-electron chi connectivity index (χ4n) is 2.69. The van der Waals surface area contributed by atoms with E-state index < -0.39 is 5.97 Å². The van der Waals surface area contributed by atoms with Gasteiger partial charge in [0.2, 0.25) is 0 Å². The highest BCUT2D eigenvalue weighted by molar-refractivity contribution is 5.98. The van der Waals surface area contributed by atoms with Crippen LogP contribution in [0.2, 0.25) is 0 Å². The summed E-state index contributed by atoms with van der Waals surface area (Å²) in [6.45, 7) is 3.49. The van der Waals surface area contributed by atoms with Crippen LogP contribution in [0.3, 0.4) is 0 Å². The summed E-state index contributed by atoms with van der Waals surface area (Å²) in [5.41, 5.74) is 2.14. The molecule has 7 nitrogen and oxygen atoms in total. The van der Waals surface area contributed by atoms with Crippen molar-refractivity contribution < 1.29 is 24.3 Å². The zero-order chi connectivity index (χ0) is 17.6. The lowest BCUT2D eigenvalue weighted by Crippen LogP contribution is -2.39. The van der Waals surface area contributed by atoms with E-state index in [1.807, 2.05) is 24.3 Å². The van der Waals surface area contributed by atoms with E-state index in [-0.39, 0.29) is 23.6 Å². The van der Waals surface area contributed by atoms with Crippen LogP contribution < -0.4 is 5.48 Å². The first-order valence-corrected chi connectivity index (χ1v) is 8.15. The number of phenolic OH excluding ortho intramolecular Hbond substituents is 1. The van der Waals surface area contributed by atoms with Gasteiger partial charge in [0.05, 0.1) is 13.2 Å². The van der Waals surface area contributed by atoms with Crippen molar-refractivity contribution in [2.75, 3.05) is 32.8 Å². The van der Waals surface area contributed by atoms with Gasteiger partial charge in [-0.2, -0.15) is 5.48 Å². The van der Waals surface area contributed by atoms with Crippen molar-refractivity contribution in [1.82, 2.24) is 10.4 Å². The molecule has 0 aromatic heterocycles. The summed E-state index contributed by atoms with van der Waals surface area (Å²) >= 11 is 0. The van der Waals surface area contributed by atoms with Crippen molar-refractivity contribution in [2.24, 2.45) is 0 Å². The second kappa shape index (κ2) is 7.96. The molecule has 0 radical (unpaired) electrons. The van der Waals surface area contributed by atoms with Gasteiger partial charge in [0, 0.05) is 26.1 Å². The maximum Gasteiger partial charge on any atom is 0.366 e. The molecule has 0 spiro atoms. The van der Waals surface area contributed by atoms with Crippen LogP contribution in [0.5, 0.6) is 5.75 Å². The number of nitrogens with zero attached hydrogens (tertiary/aromatic N) is 1. The Morgan fingerprint density at radius 2 is 1.84 bits per heavy atom. The summed E-state index contributed by atoms with van der Waals surface area (Å²) in [4.78, 5) is 30.8. The lowest BCUT2D eigenvalue weighted by atomic mass is 10.1. The number of hydroxylamine groups is 1. The second-order valence-corrected chi connectivity index (χ2v) is 5.84. The van der Waals surface area contributed by atoms with Crippen molar-refractivity contribution in [3.63, 3.8) is 0 Å². The number of carbonyl (C=O) groups excluding carboxylic acids is 2. The van der Waals surface area contributed by atoms with E-state index in [1.165, 1.54) is 12.1 Å². The molecule has 25 heavy (non-hydrogen) atoms. The number of hydrogen-bond acceptors (Lipinski definition) is 6. The average Bonchev–Trinajstić information content (AvgIpc) is 2.64. The third-order valence-corrected chi connectivity index (χ3v) is 4.10. The Kier molecular flexibility index (Phi) is 5.47. The van der Waals surface area contributed by atoms with Crippen LogP contribution in [0, 0.1) is 0 Å². The van der Waals surface area contributed by atoms with Gasteiger partial charge in [0.1, 0.15) is 11.3 Å². The van der Waals surface area contributed by atoms with Gasteiger partial charge < -0.3 is 14.7 Å².